The van der Waals surface area contributed by atoms with E-state index >= 15 is 0 Å². The molecular weight excluding hydrogens is 264 g/mol. The highest BCUT2D eigenvalue weighted by molar-refractivity contribution is 5.31. The number of nitrogens with two attached hydrogens (primary N) is 1. The number of aromatic nitrogens is 2. The Bertz CT molecular complexity index is 451. The first kappa shape index (κ1) is 14.9. The van der Waals surface area contributed by atoms with Gasteiger partial charge in [0.1, 0.15) is 0 Å². The molecule has 1 aromatic rings. The second kappa shape index (κ2) is 5.97. The average molecular weight is 292 g/mol. The molecule has 1 saturated heterocycles. The summed E-state index contributed by atoms with van der Waals surface area (Å²) in [7, 11) is 1.71. The molecule has 118 valence electrons. The maximum atomic E-state index is 6.83. The molecule has 0 amide bonds. The Hall–Kier alpha value is -1.07. The van der Waals surface area contributed by atoms with Crippen LogP contribution in [0.4, 0.5) is 0 Å². The lowest BCUT2D eigenvalue weighted by Crippen LogP contribution is -2.53. The van der Waals surface area contributed by atoms with Crippen LogP contribution in [-0.4, -0.2) is 40.4 Å². The molecule has 2 heterocycles. The van der Waals surface area contributed by atoms with E-state index in [2.05, 4.69) is 16.9 Å². The van der Waals surface area contributed by atoms with Crippen LogP contribution in [0.2, 0.25) is 0 Å². The number of methoxy groups -OCH3 is 1. The molecule has 2 N–H and O–H groups in total. The summed E-state index contributed by atoms with van der Waals surface area (Å²) in [5.74, 6) is 0.842. The Labute approximate surface area is 127 Å². The van der Waals surface area contributed by atoms with Crippen molar-refractivity contribution in [1.29, 1.82) is 0 Å². The van der Waals surface area contributed by atoms with Gasteiger partial charge in [0.05, 0.1) is 25.0 Å². The quantitative estimate of drug-likeness (QED) is 0.905. The highest BCUT2D eigenvalue weighted by Gasteiger charge is 2.47. The van der Waals surface area contributed by atoms with Crippen LogP contribution in [0.15, 0.2) is 6.20 Å². The standard InChI is InChI=1S/C16H28N4O/c1-3-20-14(13(21-2)12-18-20)15(17)16(8-4-5-9-16)19-10-6-7-11-19/h12,15H,3-11,17H2,1-2H3. The van der Waals surface area contributed by atoms with Crippen molar-refractivity contribution in [2.24, 2.45) is 5.73 Å². The zero-order chi connectivity index (χ0) is 14.9. The van der Waals surface area contributed by atoms with Gasteiger partial charge in [0.15, 0.2) is 5.75 Å². The smallest absolute Gasteiger partial charge is 0.161 e. The van der Waals surface area contributed by atoms with E-state index in [-0.39, 0.29) is 11.6 Å². The Balaban J connectivity index is 1.98. The van der Waals surface area contributed by atoms with Crippen molar-refractivity contribution in [1.82, 2.24) is 14.7 Å². The van der Waals surface area contributed by atoms with E-state index in [1.54, 1.807) is 7.11 Å². The minimum absolute atomic E-state index is 0.0181. The summed E-state index contributed by atoms with van der Waals surface area (Å²) in [6.07, 6.45) is 9.39. The van der Waals surface area contributed by atoms with Gasteiger partial charge in [-0.15, -0.1) is 0 Å². The molecule has 0 radical (unpaired) electrons. The van der Waals surface area contributed by atoms with Gasteiger partial charge < -0.3 is 10.5 Å². The summed E-state index contributed by atoms with van der Waals surface area (Å²) in [5, 5.41) is 4.45. The normalized spacial score (nSPS) is 23.6. The molecule has 1 aromatic heterocycles. The second-order valence-electron chi connectivity index (χ2n) is 6.40. The van der Waals surface area contributed by atoms with Crippen LogP contribution >= 0.6 is 0 Å². The van der Waals surface area contributed by atoms with Gasteiger partial charge in [-0.25, -0.2) is 0 Å². The number of rotatable bonds is 5. The summed E-state index contributed by atoms with van der Waals surface area (Å²) in [6.45, 7) is 5.33. The van der Waals surface area contributed by atoms with Gasteiger partial charge in [0, 0.05) is 12.1 Å². The number of ether oxygens (including phenoxy) is 1. The molecule has 1 atom stereocenters. The topological polar surface area (TPSA) is 56.3 Å². The number of aryl methyl sites for hydroxylation is 1. The van der Waals surface area contributed by atoms with Crippen LogP contribution in [0.5, 0.6) is 5.75 Å². The van der Waals surface area contributed by atoms with Crippen LogP contribution in [0.3, 0.4) is 0 Å². The van der Waals surface area contributed by atoms with E-state index in [0.29, 0.717) is 0 Å². The molecule has 0 spiro atoms. The first-order valence-corrected chi connectivity index (χ1v) is 8.33. The minimum Gasteiger partial charge on any atom is -0.493 e. The fourth-order valence-corrected chi connectivity index (χ4v) is 4.33. The van der Waals surface area contributed by atoms with Gasteiger partial charge in [-0.3, -0.25) is 9.58 Å². The summed E-state index contributed by atoms with van der Waals surface area (Å²) < 4.78 is 7.55. The minimum atomic E-state index is -0.0181. The van der Waals surface area contributed by atoms with Gasteiger partial charge in [-0.1, -0.05) is 12.8 Å². The van der Waals surface area contributed by atoms with Crippen LogP contribution in [0.25, 0.3) is 0 Å². The monoisotopic (exact) mass is 292 g/mol. The van der Waals surface area contributed by atoms with Crippen molar-refractivity contribution in [3.63, 3.8) is 0 Å². The largest absolute Gasteiger partial charge is 0.493 e. The van der Waals surface area contributed by atoms with Crippen molar-refractivity contribution in [3.8, 4) is 5.75 Å². The summed E-state index contributed by atoms with van der Waals surface area (Å²) in [5.41, 5.74) is 8.02. The molecule has 0 aromatic carbocycles. The maximum absolute atomic E-state index is 6.83. The zero-order valence-corrected chi connectivity index (χ0v) is 13.3. The molecule has 1 saturated carbocycles. The molecule has 21 heavy (non-hydrogen) atoms. The van der Waals surface area contributed by atoms with Gasteiger partial charge in [0.25, 0.3) is 0 Å². The third-order valence-electron chi connectivity index (χ3n) is 5.44. The van der Waals surface area contributed by atoms with E-state index in [9.17, 15) is 0 Å². The molecule has 1 aliphatic heterocycles. The molecule has 2 fully saturated rings. The van der Waals surface area contributed by atoms with E-state index < -0.39 is 0 Å². The van der Waals surface area contributed by atoms with E-state index in [0.717, 1.165) is 18.0 Å². The summed E-state index contributed by atoms with van der Waals surface area (Å²) in [6, 6.07) is -0.0181. The fourth-order valence-electron chi connectivity index (χ4n) is 4.33. The number of hydrogen-bond acceptors (Lipinski definition) is 4. The van der Waals surface area contributed by atoms with Crippen LogP contribution in [-0.2, 0) is 6.54 Å². The Morgan fingerprint density at radius 1 is 1.29 bits per heavy atom. The highest BCUT2D eigenvalue weighted by atomic mass is 16.5. The number of hydrogen-bond donors (Lipinski definition) is 1. The maximum Gasteiger partial charge on any atom is 0.161 e. The molecule has 2 aliphatic rings. The van der Waals surface area contributed by atoms with E-state index in [1.165, 1.54) is 51.6 Å². The van der Waals surface area contributed by atoms with Crippen molar-refractivity contribution >= 4 is 0 Å². The molecule has 5 heteroatoms. The predicted octanol–water partition coefficient (Wildman–Crippen LogP) is 2.32. The third-order valence-corrected chi connectivity index (χ3v) is 5.44. The predicted molar refractivity (Wildman–Crippen MR) is 83.4 cm³/mol. The van der Waals surface area contributed by atoms with E-state index in [4.69, 9.17) is 10.5 Å². The molecule has 0 bridgehead atoms. The van der Waals surface area contributed by atoms with Crippen LogP contribution in [0, 0.1) is 0 Å². The van der Waals surface area contributed by atoms with Crippen molar-refractivity contribution in [3.05, 3.63) is 11.9 Å². The lowest BCUT2D eigenvalue weighted by molar-refractivity contribution is 0.0877. The van der Waals surface area contributed by atoms with Crippen molar-refractivity contribution in [2.75, 3.05) is 20.2 Å². The molecule has 1 unspecified atom stereocenters. The summed E-state index contributed by atoms with van der Waals surface area (Å²) in [4.78, 5) is 2.65. The molecule has 1 aliphatic carbocycles. The van der Waals surface area contributed by atoms with Gasteiger partial charge >= 0.3 is 0 Å². The third kappa shape index (κ3) is 2.36. The lowest BCUT2D eigenvalue weighted by Gasteiger charge is -2.43. The van der Waals surface area contributed by atoms with Crippen molar-refractivity contribution in [2.45, 2.75) is 63.6 Å². The molecular formula is C16H28N4O. The Morgan fingerprint density at radius 3 is 2.52 bits per heavy atom. The first-order valence-electron chi connectivity index (χ1n) is 8.33. The number of nitrogens with zero attached hydrogens (tertiary/aromatic N) is 3. The average Bonchev–Trinajstić information content (AvgIpc) is 3.24. The lowest BCUT2D eigenvalue weighted by atomic mass is 9.84. The van der Waals surface area contributed by atoms with Gasteiger partial charge in [-0.2, -0.15) is 5.10 Å². The highest BCUT2D eigenvalue weighted by Crippen LogP contribution is 2.46. The number of likely N-dealkylation sites (tertiary alicyclic amines) is 1. The SMILES string of the molecule is CCn1ncc(OC)c1C(N)C1(N2CCCC2)CCCC1. The first-order chi connectivity index (χ1) is 10.2. The van der Waals surface area contributed by atoms with Gasteiger partial charge in [0.2, 0.25) is 0 Å². The Kier molecular flexibility index (Phi) is 4.22. The van der Waals surface area contributed by atoms with Gasteiger partial charge in [-0.05, 0) is 45.7 Å². The van der Waals surface area contributed by atoms with E-state index in [1.807, 2.05) is 10.9 Å². The summed E-state index contributed by atoms with van der Waals surface area (Å²) >= 11 is 0. The second-order valence-corrected chi connectivity index (χ2v) is 6.40. The van der Waals surface area contributed by atoms with Crippen LogP contribution in [0.1, 0.15) is 57.2 Å². The van der Waals surface area contributed by atoms with Crippen LogP contribution < -0.4 is 10.5 Å². The molecule has 5 nitrogen and oxygen atoms in total. The zero-order valence-electron chi connectivity index (χ0n) is 13.3. The fraction of sp³-hybridized carbons (Fsp3) is 0.812. The molecule has 3 rings (SSSR count). The Morgan fingerprint density at radius 2 is 1.95 bits per heavy atom. The van der Waals surface area contributed by atoms with Crippen molar-refractivity contribution < 1.29 is 4.74 Å².